The van der Waals surface area contributed by atoms with Crippen LogP contribution in [-0.2, 0) is 11.0 Å². The van der Waals surface area contributed by atoms with E-state index in [9.17, 15) is 23.1 Å². The number of carboxylic acid groups (broad SMARTS) is 1. The number of carboxylic acids is 1. The summed E-state index contributed by atoms with van der Waals surface area (Å²) in [4.78, 5) is 13.0. The largest absolute Gasteiger partial charge is 0.480 e. The van der Waals surface area contributed by atoms with Crippen LogP contribution in [0, 0.1) is 0 Å². The summed E-state index contributed by atoms with van der Waals surface area (Å²) in [6, 6.07) is 4.09. The predicted molar refractivity (Wildman–Crippen MR) is 71.8 cm³/mol. The van der Waals surface area contributed by atoms with Crippen LogP contribution >= 0.6 is 0 Å². The first-order valence-corrected chi connectivity index (χ1v) is 6.97. The molecule has 2 rings (SSSR count). The van der Waals surface area contributed by atoms with E-state index >= 15 is 0 Å². The molecule has 0 aromatic heterocycles. The Balaban J connectivity index is 2.35. The van der Waals surface area contributed by atoms with Gasteiger partial charge in [0.1, 0.15) is 6.04 Å². The van der Waals surface area contributed by atoms with E-state index in [4.69, 9.17) is 0 Å². The number of likely N-dealkylation sites (tertiary alicyclic amines) is 1. The van der Waals surface area contributed by atoms with Gasteiger partial charge in [0.05, 0.1) is 5.56 Å². The third kappa shape index (κ3) is 3.37. The molecule has 0 radical (unpaired) electrons. The summed E-state index contributed by atoms with van der Waals surface area (Å²) in [7, 11) is 0. The van der Waals surface area contributed by atoms with Gasteiger partial charge in [0.2, 0.25) is 0 Å². The molecule has 1 N–H and O–H groups in total. The fourth-order valence-electron chi connectivity index (χ4n) is 2.98. The van der Waals surface area contributed by atoms with Crippen LogP contribution in [0.4, 0.5) is 13.2 Å². The van der Waals surface area contributed by atoms with Crippen LogP contribution in [-0.4, -0.2) is 28.6 Å². The van der Waals surface area contributed by atoms with E-state index in [1.54, 1.807) is 17.9 Å². The molecule has 1 saturated heterocycles. The van der Waals surface area contributed by atoms with Crippen LogP contribution in [0.25, 0.3) is 0 Å². The van der Waals surface area contributed by atoms with Crippen molar-refractivity contribution in [2.45, 2.75) is 44.4 Å². The SMILES string of the molecule is CC(c1ccccc1C(F)(F)F)N1CCCCC1C(=O)O. The van der Waals surface area contributed by atoms with Crippen LogP contribution in [0.1, 0.15) is 43.4 Å². The molecule has 1 aromatic rings. The molecule has 116 valence electrons. The Labute approximate surface area is 121 Å². The second-order valence-electron chi connectivity index (χ2n) is 5.35. The molecule has 1 aromatic carbocycles. The first-order valence-electron chi connectivity index (χ1n) is 6.97. The Hall–Kier alpha value is -1.56. The number of alkyl halides is 3. The van der Waals surface area contributed by atoms with Crippen molar-refractivity contribution in [3.63, 3.8) is 0 Å². The number of hydrogen-bond donors (Lipinski definition) is 1. The van der Waals surface area contributed by atoms with Gasteiger partial charge in [0.25, 0.3) is 0 Å². The number of aliphatic carboxylic acids is 1. The van der Waals surface area contributed by atoms with Gasteiger partial charge in [-0.25, -0.2) is 0 Å². The smallest absolute Gasteiger partial charge is 0.416 e. The third-order valence-electron chi connectivity index (χ3n) is 4.04. The quantitative estimate of drug-likeness (QED) is 0.925. The number of hydrogen-bond acceptors (Lipinski definition) is 2. The van der Waals surface area contributed by atoms with Gasteiger partial charge in [-0.2, -0.15) is 13.2 Å². The van der Waals surface area contributed by atoms with Gasteiger partial charge in [0.15, 0.2) is 0 Å². The van der Waals surface area contributed by atoms with Gasteiger partial charge >= 0.3 is 12.1 Å². The lowest BCUT2D eigenvalue weighted by Gasteiger charge is -2.38. The molecule has 2 unspecified atom stereocenters. The topological polar surface area (TPSA) is 40.5 Å². The zero-order valence-corrected chi connectivity index (χ0v) is 11.7. The molecule has 1 heterocycles. The number of carbonyl (C=O) groups is 1. The number of piperidine rings is 1. The normalized spacial score (nSPS) is 22.0. The molecule has 6 heteroatoms. The molecule has 1 aliphatic rings. The molecule has 0 spiro atoms. The standard InChI is InChI=1S/C15H18F3NO2/c1-10(19-9-5-4-8-13(19)14(20)21)11-6-2-3-7-12(11)15(16,17)18/h2-3,6-7,10,13H,4-5,8-9H2,1H3,(H,20,21). The minimum absolute atomic E-state index is 0.137. The maximum atomic E-state index is 13.1. The average Bonchev–Trinajstić information content (AvgIpc) is 2.45. The summed E-state index contributed by atoms with van der Waals surface area (Å²) < 4.78 is 39.3. The lowest BCUT2D eigenvalue weighted by molar-refractivity contribution is -0.146. The van der Waals surface area contributed by atoms with Crippen LogP contribution in [0.5, 0.6) is 0 Å². The fourth-order valence-corrected chi connectivity index (χ4v) is 2.98. The highest BCUT2D eigenvalue weighted by molar-refractivity contribution is 5.73. The lowest BCUT2D eigenvalue weighted by atomic mass is 9.94. The number of benzene rings is 1. The Morgan fingerprint density at radius 3 is 2.62 bits per heavy atom. The first-order chi connectivity index (χ1) is 9.82. The Kier molecular flexibility index (Phi) is 4.56. The highest BCUT2D eigenvalue weighted by Crippen LogP contribution is 2.37. The van der Waals surface area contributed by atoms with E-state index < -0.39 is 29.8 Å². The average molecular weight is 301 g/mol. The minimum Gasteiger partial charge on any atom is -0.480 e. The second kappa shape index (κ2) is 6.05. The molecule has 0 aliphatic carbocycles. The van der Waals surface area contributed by atoms with Crippen molar-refractivity contribution < 1.29 is 23.1 Å². The van der Waals surface area contributed by atoms with E-state index in [1.807, 2.05) is 0 Å². The van der Waals surface area contributed by atoms with Gasteiger partial charge in [-0.1, -0.05) is 24.6 Å². The van der Waals surface area contributed by atoms with E-state index in [0.717, 1.165) is 18.9 Å². The van der Waals surface area contributed by atoms with Gasteiger partial charge in [-0.05, 0) is 37.9 Å². The van der Waals surface area contributed by atoms with Crippen molar-refractivity contribution in [2.24, 2.45) is 0 Å². The monoisotopic (exact) mass is 301 g/mol. The van der Waals surface area contributed by atoms with Crippen LogP contribution in [0.2, 0.25) is 0 Å². The lowest BCUT2D eigenvalue weighted by Crippen LogP contribution is -2.46. The fraction of sp³-hybridized carbons (Fsp3) is 0.533. The van der Waals surface area contributed by atoms with E-state index in [2.05, 4.69) is 0 Å². The van der Waals surface area contributed by atoms with Crippen LogP contribution < -0.4 is 0 Å². The summed E-state index contributed by atoms with van der Waals surface area (Å²) in [6.07, 6.45) is -2.35. The molecule has 2 atom stereocenters. The van der Waals surface area contributed by atoms with E-state index in [1.165, 1.54) is 12.1 Å². The molecule has 0 amide bonds. The van der Waals surface area contributed by atoms with Crippen molar-refractivity contribution >= 4 is 5.97 Å². The van der Waals surface area contributed by atoms with Crippen molar-refractivity contribution in [1.82, 2.24) is 4.90 Å². The van der Waals surface area contributed by atoms with Crippen molar-refractivity contribution in [2.75, 3.05) is 6.54 Å². The van der Waals surface area contributed by atoms with E-state index in [-0.39, 0.29) is 5.56 Å². The number of nitrogens with zero attached hydrogens (tertiary/aromatic N) is 1. The highest BCUT2D eigenvalue weighted by atomic mass is 19.4. The minimum atomic E-state index is -4.43. The second-order valence-corrected chi connectivity index (χ2v) is 5.35. The summed E-state index contributed by atoms with van der Waals surface area (Å²) in [5.74, 6) is -0.967. The number of rotatable bonds is 3. The molecule has 3 nitrogen and oxygen atoms in total. The van der Waals surface area contributed by atoms with Crippen LogP contribution in [0.15, 0.2) is 24.3 Å². The van der Waals surface area contributed by atoms with Crippen molar-refractivity contribution in [3.05, 3.63) is 35.4 Å². The Morgan fingerprint density at radius 1 is 1.33 bits per heavy atom. The Morgan fingerprint density at radius 2 is 2.00 bits per heavy atom. The predicted octanol–water partition coefficient (Wildman–Crippen LogP) is 3.71. The molecular formula is C15H18F3NO2. The summed E-state index contributed by atoms with van der Waals surface area (Å²) in [5.41, 5.74) is -0.551. The zero-order valence-electron chi connectivity index (χ0n) is 11.7. The summed E-state index contributed by atoms with van der Waals surface area (Å²) in [6.45, 7) is 2.15. The highest BCUT2D eigenvalue weighted by Gasteiger charge is 2.38. The van der Waals surface area contributed by atoms with Gasteiger partial charge in [-0.15, -0.1) is 0 Å². The molecular weight excluding hydrogens is 283 g/mol. The number of halogens is 3. The van der Waals surface area contributed by atoms with Gasteiger partial charge < -0.3 is 5.11 Å². The van der Waals surface area contributed by atoms with Crippen LogP contribution in [0.3, 0.4) is 0 Å². The Bertz CT molecular complexity index is 516. The zero-order chi connectivity index (χ0) is 15.6. The molecule has 1 aliphatic heterocycles. The summed E-state index contributed by atoms with van der Waals surface area (Å²) in [5, 5.41) is 9.27. The van der Waals surface area contributed by atoms with E-state index in [0.29, 0.717) is 13.0 Å². The maximum absolute atomic E-state index is 13.1. The molecule has 0 saturated carbocycles. The maximum Gasteiger partial charge on any atom is 0.416 e. The van der Waals surface area contributed by atoms with Crippen molar-refractivity contribution in [1.29, 1.82) is 0 Å². The molecule has 21 heavy (non-hydrogen) atoms. The third-order valence-corrected chi connectivity index (χ3v) is 4.04. The summed E-state index contributed by atoms with van der Waals surface area (Å²) >= 11 is 0. The van der Waals surface area contributed by atoms with Gasteiger partial charge in [-0.3, -0.25) is 9.69 Å². The molecule has 0 bridgehead atoms. The van der Waals surface area contributed by atoms with Gasteiger partial charge in [0, 0.05) is 6.04 Å². The first kappa shape index (κ1) is 15.8. The molecule has 1 fully saturated rings. The van der Waals surface area contributed by atoms with Crippen molar-refractivity contribution in [3.8, 4) is 0 Å².